The largest absolute Gasteiger partial charge is 0.416 e. The quantitative estimate of drug-likeness (QED) is 0.332. The van der Waals surface area contributed by atoms with Crippen molar-refractivity contribution in [2.75, 3.05) is 4.90 Å². The van der Waals surface area contributed by atoms with Crippen molar-refractivity contribution in [1.29, 1.82) is 0 Å². The first-order valence-corrected chi connectivity index (χ1v) is 8.56. The Balaban J connectivity index is 2.25. The van der Waals surface area contributed by atoms with Crippen LogP contribution in [0.15, 0.2) is 47.0 Å². The molecule has 3 aromatic rings. The molecule has 0 saturated heterocycles. The van der Waals surface area contributed by atoms with Crippen LogP contribution in [0, 0.1) is 6.92 Å². The first-order chi connectivity index (χ1) is 13.9. The van der Waals surface area contributed by atoms with Crippen LogP contribution in [0.5, 0.6) is 0 Å². The van der Waals surface area contributed by atoms with E-state index in [2.05, 4.69) is 5.16 Å². The molecule has 0 fully saturated rings. The summed E-state index contributed by atoms with van der Waals surface area (Å²) in [5.41, 5.74) is -3.66. The van der Waals surface area contributed by atoms with Crippen LogP contribution >= 0.6 is 11.6 Å². The number of alkyl halides is 6. The van der Waals surface area contributed by atoms with Gasteiger partial charge < -0.3 is 4.52 Å². The lowest BCUT2D eigenvalue weighted by Crippen LogP contribution is -2.19. The van der Waals surface area contributed by atoms with E-state index in [9.17, 15) is 31.1 Å². The normalized spacial score (nSPS) is 12.1. The summed E-state index contributed by atoms with van der Waals surface area (Å²) < 4.78 is 84.2. The van der Waals surface area contributed by atoms with Gasteiger partial charge in [0.2, 0.25) is 6.41 Å². The van der Waals surface area contributed by atoms with Gasteiger partial charge in [0.25, 0.3) is 0 Å². The molecule has 0 aliphatic rings. The molecular weight excluding hydrogens is 438 g/mol. The smallest absolute Gasteiger partial charge is 0.359 e. The van der Waals surface area contributed by atoms with Crippen molar-refractivity contribution in [3.05, 3.63) is 64.4 Å². The lowest BCUT2D eigenvalue weighted by atomic mass is 10.1. The van der Waals surface area contributed by atoms with E-state index in [1.807, 2.05) is 0 Å². The Kier molecular flexibility index (Phi) is 5.55. The highest BCUT2D eigenvalue weighted by Crippen LogP contribution is 2.43. The minimum Gasteiger partial charge on any atom is -0.359 e. The minimum atomic E-state index is -5.07. The Hall–Kier alpha value is -3.01. The molecule has 4 nitrogen and oxygen atoms in total. The van der Waals surface area contributed by atoms with Crippen molar-refractivity contribution in [2.24, 2.45) is 0 Å². The summed E-state index contributed by atoms with van der Waals surface area (Å²) in [6.07, 6.45) is -10.1. The summed E-state index contributed by atoms with van der Waals surface area (Å²) in [4.78, 5) is 12.4. The van der Waals surface area contributed by atoms with Gasteiger partial charge in [0.05, 0.1) is 21.8 Å². The zero-order chi connectivity index (χ0) is 22.3. The van der Waals surface area contributed by atoms with Gasteiger partial charge in [0, 0.05) is 5.56 Å². The number of benzene rings is 2. The molecule has 1 amide bonds. The molecule has 3 rings (SSSR count). The molecule has 0 unspecified atom stereocenters. The fourth-order valence-electron chi connectivity index (χ4n) is 2.80. The van der Waals surface area contributed by atoms with Gasteiger partial charge in [-0.2, -0.15) is 26.3 Å². The maximum Gasteiger partial charge on any atom is 0.416 e. The van der Waals surface area contributed by atoms with Crippen molar-refractivity contribution in [3.63, 3.8) is 0 Å². The molecule has 11 heteroatoms. The Bertz CT molecular complexity index is 1060. The maximum absolute atomic E-state index is 13.2. The molecule has 1 aromatic heterocycles. The monoisotopic (exact) mass is 448 g/mol. The molecule has 1 heterocycles. The third-order valence-corrected chi connectivity index (χ3v) is 4.49. The zero-order valence-corrected chi connectivity index (χ0v) is 15.7. The number of carbonyl (C=O) groups excluding carboxylic acids is 1. The summed E-state index contributed by atoms with van der Waals surface area (Å²) in [5, 5.41) is 3.97. The molecule has 30 heavy (non-hydrogen) atoms. The number of amides is 1. The highest BCUT2D eigenvalue weighted by Gasteiger charge is 2.38. The number of hydrogen-bond donors (Lipinski definition) is 0. The third-order valence-electron chi connectivity index (χ3n) is 4.16. The Morgan fingerprint density at radius 2 is 1.57 bits per heavy atom. The molecule has 0 radical (unpaired) electrons. The fraction of sp³-hybridized carbons (Fsp3) is 0.158. The van der Waals surface area contributed by atoms with Crippen LogP contribution in [0.25, 0.3) is 11.3 Å². The lowest BCUT2D eigenvalue weighted by Gasteiger charge is -2.21. The molecule has 0 saturated carbocycles. The van der Waals surface area contributed by atoms with Crippen LogP contribution in [0.4, 0.5) is 37.7 Å². The summed E-state index contributed by atoms with van der Waals surface area (Å²) in [6, 6.07) is 7.06. The van der Waals surface area contributed by atoms with E-state index in [1.165, 1.54) is 19.1 Å². The number of rotatable bonds is 4. The van der Waals surface area contributed by atoms with Gasteiger partial charge in [-0.1, -0.05) is 35.0 Å². The van der Waals surface area contributed by atoms with Crippen molar-refractivity contribution >= 4 is 29.4 Å². The van der Waals surface area contributed by atoms with E-state index in [1.54, 1.807) is 12.1 Å². The Morgan fingerprint density at radius 3 is 2.07 bits per heavy atom. The van der Waals surface area contributed by atoms with E-state index in [-0.39, 0.29) is 40.2 Å². The van der Waals surface area contributed by atoms with Crippen molar-refractivity contribution in [2.45, 2.75) is 19.3 Å². The average molecular weight is 449 g/mol. The molecule has 0 aliphatic carbocycles. The maximum atomic E-state index is 13.2. The van der Waals surface area contributed by atoms with Crippen molar-refractivity contribution in [1.82, 2.24) is 5.16 Å². The van der Waals surface area contributed by atoms with Crippen molar-refractivity contribution in [3.8, 4) is 11.3 Å². The Morgan fingerprint density at radius 1 is 1.00 bits per heavy atom. The number of aromatic nitrogens is 1. The molecule has 0 atom stereocenters. The summed E-state index contributed by atoms with van der Waals surface area (Å²) in [6.45, 7) is 1.36. The number of anilines is 2. The van der Waals surface area contributed by atoms with Crippen LogP contribution < -0.4 is 4.90 Å². The van der Waals surface area contributed by atoms with E-state index < -0.39 is 29.2 Å². The summed E-state index contributed by atoms with van der Waals surface area (Å²) in [5.74, 6) is -0.0111. The second kappa shape index (κ2) is 7.67. The highest BCUT2D eigenvalue weighted by atomic mass is 35.5. The third kappa shape index (κ3) is 4.13. The van der Waals surface area contributed by atoms with Crippen LogP contribution in [-0.2, 0) is 17.1 Å². The second-order valence-electron chi connectivity index (χ2n) is 6.16. The standard InChI is InChI=1S/C19H11ClF6N2O2/c1-10-17(16(27-30-10)14-4-2-3-5-15(14)20)28(9-29)13-7-11(18(21,22)23)6-12(8-13)19(24,25)26/h2-9H,1H3. The number of nitrogens with zero attached hydrogens (tertiary/aromatic N) is 2. The molecule has 0 spiro atoms. The van der Waals surface area contributed by atoms with Gasteiger partial charge >= 0.3 is 12.4 Å². The van der Waals surface area contributed by atoms with Gasteiger partial charge in [0.1, 0.15) is 11.4 Å². The zero-order valence-electron chi connectivity index (χ0n) is 15.0. The first-order valence-electron chi connectivity index (χ1n) is 8.18. The van der Waals surface area contributed by atoms with Gasteiger partial charge in [-0.15, -0.1) is 0 Å². The van der Waals surface area contributed by atoms with Crippen LogP contribution in [0.2, 0.25) is 5.02 Å². The first kappa shape index (κ1) is 21.7. The lowest BCUT2D eigenvalue weighted by molar-refractivity contribution is -0.143. The molecule has 2 aromatic carbocycles. The van der Waals surface area contributed by atoms with Crippen molar-refractivity contribution < 1.29 is 35.7 Å². The molecular formula is C19H11ClF6N2O2. The number of carbonyl (C=O) groups is 1. The average Bonchev–Trinajstić information content (AvgIpc) is 3.02. The molecule has 0 N–H and O–H groups in total. The van der Waals surface area contributed by atoms with E-state index in [0.717, 1.165) is 0 Å². The minimum absolute atomic E-state index is 0.0111. The fourth-order valence-corrected chi connectivity index (χ4v) is 3.03. The number of hydrogen-bond acceptors (Lipinski definition) is 3. The van der Waals surface area contributed by atoms with Crippen LogP contribution in [0.3, 0.4) is 0 Å². The van der Waals surface area contributed by atoms with Crippen LogP contribution in [-0.4, -0.2) is 11.6 Å². The van der Waals surface area contributed by atoms with Gasteiger partial charge in [-0.3, -0.25) is 9.69 Å². The summed E-state index contributed by atoms with van der Waals surface area (Å²) >= 11 is 6.12. The second-order valence-corrected chi connectivity index (χ2v) is 6.56. The molecule has 0 bridgehead atoms. The predicted molar refractivity (Wildman–Crippen MR) is 96.3 cm³/mol. The molecule has 158 valence electrons. The van der Waals surface area contributed by atoms with E-state index in [4.69, 9.17) is 16.1 Å². The Labute approximate surface area is 170 Å². The van der Waals surface area contributed by atoms with Gasteiger partial charge in [-0.25, -0.2) is 0 Å². The van der Waals surface area contributed by atoms with Crippen LogP contribution in [0.1, 0.15) is 16.9 Å². The van der Waals surface area contributed by atoms with E-state index in [0.29, 0.717) is 17.0 Å². The van der Waals surface area contributed by atoms with Gasteiger partial charge in [0.15, 0.2) is 5.76 Å². The summed E-state index contributed by atoms with van der Waals surface area (Å²) in [7, 11) is 0. The highest BCUT2D eigenvalue weighted by molar-refractivity contribution is 6.33. The van der Waals surface area contributed by atoms with Gasteiger partial charge in [-0.05, 0) is 31.2 Å². The number of halogens is 7. The number of aryl methyl sites for hydroxylation is 1. The predicted octanol–water partition coefficient (Wildman–Crippen LogP) is 6.64. The SMILES string of the molecule is Cc1onc(-c2ccccc2Cl)c1N(C=O)c1cc(C(F)(F)F)cc(C(F)(F)F)c1. The topological polar surface area (TPSA) is 46.3 Å². The van der Waals surface area contributed by atoms with E-state index >= 15 is 0 Å². The molecule has 0 aliphatic heterocycles.